The molecule has 17 heavy (non-hydrogen) atoms. The Hall–Kier alpha value is -0.740. The molecule has 0 aliphatic carbocycles. The maximum Gasteiger partial charge on any atom is 0.133 e. The van der Waals surface area contributed by atoms with Crippen LogP contribution in [0.1, 0.15) is 24.3 Å². The van der Waals surface area contributed by atoms with Crippen LogP contribution < -0.4 is 14.8 Å². The van der Waals surface area contributed by atoms with Crippen molar-refractivity contribution in [3.63, 3.8) is 0 Å². The van der Waals surface area contributed by atoms with Gasteiger partial charge in [0.15, 0.2) is 0 Å². The number of methoxy groups -OCH3 is 2. The molecule has 0 saturated carbocycles. The predicted octanol–water partition coefficient (Wildman–Crippen LogP) is 2.93. The molecule has 2 rings (SSSR count). The molecule has 4 heteroatoms. The molecule has 0 aromatic heterocycles. The molecule has 94 valence electrons. The van der Waals surface area contributed by atoms with Crippen molar-refractivity contribution < 1.29 is 9.47 Å². The average molecular weight is 300 g/mol. The second-order valence-corrected chi connectivity index (χ2v) is 5.13. The molecular formula is C13H18BrNO2. The number of halogens is 1. The largest absolute Gasteiger partial charge is 0.496 e. The summed E-state index contributed by atoms with van der Waals surface area (Å²) >= 11 is 3.49. The summed E-state index contributed by atoms with van der Waals surface area (Å²) in [6.07, 6.45) is 2.42. The molecule has 1 aliphatic rings. The zero-order valence-corrected chi connectivity index (χ0v) is 11.8. The summed E-state index contributed by atoms with van der Waals surface area (Å²) in [7, 11) is 3.41. The lowest BCUT2D eigenvalue weighted by Crippen LogP contribution is -2.28. The van der Waals surface area contributed by atoms with Gasteiger partial charge >= 0.3 is 0 Å². The highest BCUT2D eigenvalue weighted by Crippen LogP contribution is 2.38. The minimum absolute atomic E-state index is 0.515. The summed E-state index contributed by atoms with van der Waals surface area (Å²) in [5.74, 6) is 2.32. The Kier molecular flexibility index (Phi) is 4.29. The van der Waals surface area contributed by atoms with E-state index in [1.165, 1.54) is 18.4 Å². The Bertz CT molecular complexity index is 389. The molecule has 1 heterocycles. The van der Waals surface area contributed by atoms with E-state index in [0.717, 1.165) is 29.1 Å². The van der Waals surface area contributed by atoms with E-state index in [2.05, 4.69) is 27.3 Å². The van der Waals surface area contributed by atoms with E-state index in [1.807, 2.05) is 6.07 Å². The number of ether oxygens (including phenoxy) is 2. The van der Waals surface area contributed by atoms with Gasteiger partial charge in [-0.2, -0.15) is 0 Å². The molecule has 1 saturated heterocycles. The molecule has 1 aromatic rings. The van der Waals surface area contributed by atoms with Gasteiger partial charge in [0, 0.05) is 18.0 Å². The summed E-state index contributed by atoms with van der Waals surface area (Å²) in [5, 5.41) is 3.43. The quantitative estimate of drug-likeness (QED) is 0.931. The van der Waals surface area contributed by atoms with Crippen molar-refractivity contribution in [1.82, 2.24) is 5.32 Å². The summed E-state index contributed by atoms with van der Waals surface area (Å²) < 4.78 is 11.8. The first-order chi connectivity index (χ1) is 8.26. The van der Waals surface area contributed by atoms with Gasteiger partial charge in [-0.05, 0) is 47.4 Å². The normalized spacial score (nSPS) is 20.1. The van der Waals surface area contributed by atoms with Crippen LogP contribution in [-0.2, 0) is 0 Å². The van der Waals surface area contributed by atoms with Gasteiger partial charge in [-0.15, -0.1) is 0 Å². The minimum Gasteiger partial charge on any atom is -0.496 e. The Morgan fingerprint density at radius 1 is 1.24 bits per heavy atom. The first-order valence-electron chi connectivity index (χ1n) is 5.88. The van der Waals surface area contributed by atoms with Crippen molar-refractivity contribution in [2.75, 3.05) is 27.3 Å². The first-order valence-corrected chi connectivity index (χ1v) is 6.67. The van der Waals surface area contributed by atoms with E-state index < -0.39 is 0 Å². The van der Waals surface area contributed by atoms with Gasteiger partial charge in [0.1, 0.15) is 11.5 Å². The van der Waals surface area contributed by atoms with E-state index >= 15 is 0 Å². The predicted molar refractivity (Wildman–Crippen MR) is 72.1 cm³/mol. The van der Waals surface area contributed by atoms with Crippen LogP contribution in [0.4, 0.5) is 0 Å². The van der Waals surface area contributed by atoms with Crippen LogP contribution in [0.15, 0.2) is 16.6 Å². The maximum absolute atomic E-state index is 5.47. The van der Waals surface area contributed by atoms with E-state index in [1.54, 1.807) is 14.2 Å². The molecule has 0 unspecified atom stereocenters. The van der Waals surface area contributed by atoms with Crippen LogP contribution in [-0.4, -0.2) is 27.3 Å². The average Bonchev–Trinajstić information content (AvgIpc) is 2.39. The smallest absolute Gasteiger partial charge is 0.133 e. The zero-order chi connectivity index (χ0) is 12.3. The summed E-state index contributed by atoms with van der Waals surface area (Å²) in [6.45, 7) is 2.13. The number of nitrogens with one attached hydrogen (secondary N) is 1. The third kappa shape index (κ3) is 2.75. The molecular weight excluding hydrogens is 282 g/mol. The van der Waals surface area contributed by atoms with E-state index in [-0.39, 0.29) is 0 Å². The van der Waals surface area contributed by atoms with Crippen molar-refractivity contribution >= 4 is 15.9 Å². The highest BCUT2D eigenvalue weighted by molar-refractivity contribution is 9.10. The highest BCUT2D eigenvalue weighted by Gasteiger charge is 2.20. The Morgan fingerprint density at radius 2 is 2.00 bits per heavy atom. The Labute approximate surface area is 111 Å². The van der Waals surface area contributed by atoms with E-state index in [9.17, 15) is 0 Å². The van der Waals surface area contributed by atoms with Gasteiger partial charge in [-0.25, -0.2) is 0 Å². The maximum atomic E-state index is 5.47. The monoisotopic (exact) mass is 299 g/mol. The molecule has 0 amide bonds. The molecule has 3 nitrogen and oxygen atoms in total. The lowest BCUT2D eigenvalue weighted by atomic mass is 9.91. The fourth-order valence-corrected chi connectivity index (χ4v) is 2.80. The van der Waals surface area contributed by atoms with Gasteiger partial charge in [0.05, 0.1) is 18.7 Å². The third-order valence-electron chi connectivity index (χ3n) is 3.24. The van der Waals surface area contributed by atoms with Gasteiger partial charge in [-0.1, -0.05) is 0 Å². The van der Waals surface area contributed by atoms with Gasteiger partial charge in [0.2, 0.25) is 0 Å². The fraction of sp³-hybridized carbons (Fsp3) is 0.538. The van der Waals surface area contributed by atoms with Crippen molar-refractivity contribution in [3.8, 4) is 11.5 Å². The van der Waals surface area contributed by atoms with Crippen molar-refractivity contribution in [2.45, 2.75) is 18.8 Å². The number of piperidine rings is 1. The van der Waals surface area contributed by atoms with Crippen molar-refractivity contribution in [2.24, 2.45) is 0 Å². The molecule has 0 spiro atoms. The third-order valence-corrected chi connectivity index (χ3v) is 3.86. The number of hydrogen-bond acceptors (Lipinski definition) is 3. The lowest BCUT2D eigenvalue weighted by Gasteiger charge is -2.25. The summed E-state index contributed by atoms with van der Waals surface area (Å²) in [4.78, 5) is 0. The number of hydrogen-bond donors (Lipinski definition) is 1. The SMILES string of the molecule is COc1cc([C@H]2CCCNC2)c(OC)cc1Br. The molecule has 1 atom stereocenters. The van der Waals surface area contributed by atoms with Crippen LogP contribution in [0, 0.1) is 0 Å². The van der Waals surface area contributed by atoms with Crippen molar-refractivity contribution in [3.05, 3.63) is 22.2 Å². The molecule has 1 aromatic carbocycles. The topological polar surface area (TPSA) is 30.5 Å². The number of benzene rings is 1. The second-order valence-electron chi connectivity index (χ2n) is 4.27. The zero-order valence-electron chi connectivity index (χ0n) is 10.3. The van der Waals surface area contributed by atoms with Crippen LogP contribution in [0.2, 0.25) is 0 Å². The van der Waals surface area contributed by atoms with Crippen LogP contribution in [0.3, 0.4) is 0 Å². The Balaban J connectivity index is 2.35. The van der Waals surface area contributed by atoms with E-state index in [0.29, 0.717) is 5.92 Å². The number of rotatable bonds is 3. The summed E-state index contributed by atoms with van der Waals surface area (Å²) in [5.41, 5.74) is 1.24. The second kappa shape index (κ2) is 5.74. The van der Waals surface area contributed by atoms with Crippen LogP contribution >= 0.6 is 15.9 Å². The molecule has 1 aliphatic heterocycles. The molecule has 0 radical (unpaired) electrons. The fourth-order valence-electron chi connectivity index (χ4n) is 2.32. The highest BCUT2D eigenvalue weighted by atomic mass is 79.9. The van der Waals surface area contributed by atoms with Crippen LogP contribution in [0.25, 0.3) is 0 Å². The van der Waals surface area contributed by atoms with Crippen LogP contribution in [0.5, 0.6) is 11.5 Å². The van der Waals surface area contributed by atoms with Gasteiger partial charge in [0.25, 0.3) is 0 Å². The van der Waals surface area contributed by atoms with Gasteiger partial charge in [-0.3, -0.25) is 0 Å². The van der Waals surface area contributed by atoms with Gasteiger partial charge < -0.3 is 14.8 Å². The molecule has 0 bridgehead atoms. The minimum atomic E-state index is 0.515. The first kappa shape index (κ1) is 12.7. The van der Waals surface area contributed by atoms with E-state index in [4.69, 9.17) is 9.47 Å². The Morgan fingerprint density at radius 3 is 2.59 bits per heavy atom. The standard InChI is InChI=1S/C13H18BrNO2/c1-16-12-7-11(14)13(17-2)6-10(12)9-4-3-5-15-8-9/h6-7,9,15H,3-5,8H2,1-2H3/t9-/m0/s1. The lowest BCUT2D eigenvalue weighted by molar-refractivity contribution is 0.382. The molecule has 1 N–H and O–H groups in total. The summed E-state index contributed by atoms with van der Waals surface area (Å²) in [6, 6.07) is 4.07. The van der Waals surface area contributed by atoms with Crippen molar-refractivity contribution in [1.29, 1.82) is 0 Å². The molecule has 1 fully saturated rings.